The van der Waals surface area contributed by atoms with Gasteiger partial charge in [-0.25, -0.2) is 0 Å². The van der Waals surface area contributed by atoms with E-state index in [-0.39, 0.29) is 11.3 Å². The van der Waals surface area contributed by atoms with Crippen LogP contribution in [0.4, 0.5) is 11.4 Å². The molecule has 0 aliphatic carbocycles. The number of benzene rings is 1. The molecule has 0 aliphatic rings. The molecule has 20 heavy (non-hydrogen) atoms. The number of amides is 1. The lowest BCUT2D eigenvalue weighted by Crippen LogP contribution is -2.43. The fourth-order valence-electron chi connectivity index (χ4n) is 2.09. The summed E-state index contributed by atoms with van der Waals surface area (Å²) in [7, 11) is 1.70. The molecule has 1 aromatic carbocycles. The molecular weight excluding hydrogens is 258 g/mol. The highest BCUT2D eigenvalue weighted by atomic mass is 16.6. The topological polar surface area (TPSA) is 84.3 Å². The Balaban J connectivity index is 3.10. The number of nitrogens with zero attached hydrogens (tertiary/aromatic N) is 1. The van der Waals surface area contributed by atoms with Crippen molar-refractivity contribution < 1.29 is 9.72 Å². The van der Waals surface area contributed by atoms with Gasteiger partial charge in [0.15, 0.2) is 0 Å². The van der Waals surface area contributed by atoms with Crippen molar-refractivity contribution in [3.63, 3.8) is 0 Å². The van der Waals surface area contributed by atoms with Crippen molar-refractivity contribution in [2.24, 2.45) is 0 Å². The van der Waals surface area contributed by atoms with Crippen LogP contribution in [0, 0.1) is 10.1 Å². The van der Waals surface area contributed by atoms with Crippen molar-refractivity contribution in [2.75, 3.05) is 12.4 Å². The maximum absolute atomic E-state index is 12.3. The fourth-order valence-corrected chi connectivity index (χ4v) is 2.09. The summed E-state index contributed by atoms with van der Waals surface area (Å²) in [6, 6.07) is 4.41. The molecule has 0 fully saturated rings. The van der Waals surface area contributed by atoms with Crippen molar-refractivity contribution in [1.29, 1.82) is 0 Å². The molecule has 0 unspecified atom stereocenters. The third-order valence-electron chi connectivity index (χ3n) is 3.05. The third kappa shape index (κ3) is 3.94. The molecule has 1 amide bonds. The van der Waals surface area contributed by atoms with Crippen LogP contribution in [-0.2, 0) is 0 Å². The van der Waals surface area contributed by atoms with E-state index in [0.717, 1.165) is 12.8 Å². The smallest absolute Gasteiger partial charge is 0.282 e. The zero-order valence-corrected chi connectivity index (χ0v) is 12.3. The Kier molecular flexibility index (Phi) is 5.07. The molecule has 1 aromatic rings. The Morgan fingerprint density at radius 3 is 2.55 bits per heavy atom. The molecule has 0 saturated heterocycles. The molecule has 0 saturated carbocycles. The van der Waals surface area contributed by atoms with E-state index in [1.54, 1.807) is 13.1 Å². The van der Waals surface area contributed by atoms with Crippen molar-refractivity contribution in [3.05, 3.63) is 33.9 Å². The van der Waals surface area contributed by atoms with Crippen LogP contribution in [0.2, 0.25) is 0 Å². The molecule has 6 nitrogen and oxygen atoms in total. The molecule has 0 aliphatic heterocycles. The van der Waals surface area contributed by atoms with Gasteiger partial charge >= 0.3 is 0 Å². The average Bonchev–Trinajstić information content (AvgIpc) is 2.37. The van der Waals surface area contributed by atoms with Gasteiger partial charge in [0.1, 0.15) is 5.56 Å². The molecule has 0 aromatic heterocycles. The van der Waals surface area contributed by atoms with Gasteiger partial charge in [-0.1, -0.05) is 13.3 Å². The maximum atomic E-state index is 12.3. The van der Waals surface area contributed by atoms with Crippen LogP contribution >= 0.6 is 0 Å². The molecule has 110 valence electrons. The largest absolute Gasteiger partial charge is 0.388 e. The molecule has 0 bridgehead atoms. The molecular formula is C14H21N3O3. The van der Waals surface area contributed by atoms with E-state index in [4.69, 9.17) is 0 Å². The van der Waals surface area contributed by atoms with Crippen molar-refractivity contribution in [1.82, 2.24) is 5.32 Å². The number of hydrogen-bond donors (Lipinski definition) is 2. The van der Waals surface area contributed by atoms with Crippen LogP contribution in [0.15, 0.2) is 18.2 Å². The minimum atomic E-state index is -0.541. The van der Waals surface area contributed by atoms with Gasteiger partial charge in [0.05, 0.1) is 4.92 Å². The Morgan fingerprint density at radius 2 is 2.05 bits per heavy atom. The summed E-state index contributed by atoms with van der Waals surface area (Å²) in [6.07, 6.45) is 1.73. The number of anilines is 1. The van der Waals surface area contributed by atoms with Crippen molar-refractivity contribution in [2.45, 2.75) is 39.2 Å². The Morgan fingerprint density at radius 1 is 1.40 bits per heavy atom. The summed E-state index contributed by atoms with van der Waals surface area (Å²) in [5.74, 6) is -0.424. The Labute approximate surface area is 118 Å². The number of hydrogen-bond acceptors (Lipinski definition) is 4. The minimum Gasteiger partial charge on any atom is -0.388 e. The second-order valence-electron chi connectivity index (χ2n) is 5.33. The molecule has 0 spiro atoms. The SMILES string of the molecule is CCCC(C)(C)NC(=O)c1cc(NC)ccc1[N+](=O)[O-]. The lowest BCUT2D eigenvalue weighted by atomic mass is 9.98. The zero-order valence-electron chi connectivity index (χ0n) is 12.3. The van der Waals surface area contributed by atoms with Crippen LogP contribution in [-0.4, -0.2) is 23.4 Å². The first-order valence-electron chi connectivity index (χ1n) is 6.59. The van der Waals surface area contributed by atoms with E-state index in [1.807, 2.05) is 20.8 Å². The second-order valence-corrected chi connectivity index (χ2v) is 5.33. The van der Waals surface area contributed by atoms with E-state index in [0.29, 0.717) is 5.69 Å². The van der Waals surface area contributed by atoms with Crippen LogP contribution in [0.25, 0.3) is 0 Å². The van der Waals surface area contributed by atoms with Crippen LogP contribution in [0.1, 0.15) is 44.0 Å². The molecule has 0 heterocycles. The number of rotatable bonds is 6. The normalized spacial score (nSPS) is 11.0. The quantitative estimate of drug-likeness (QED) is 0.619. The van der Waals surface area contributed by atoms with Gasteiger partial charge in [0, 0.05) is 24.3 Å². The molecule has 0 radical (unpaired) electrons. The zero-order chi connectivity index (χ0) is 15.3. The summed E-state index contributed by atoms with van der Waals surface area (Å²) in [4.78, 5) is 22.8. The highest BCUT2D eigenvalue weighted by Crippen LogP contribution is 2.23. The van der Waals surface area contributed by atoms with E-state index < -0.39 is 16.4 Å². The van der Waals surface area contributed by atoms with E-state index in [1.165, 1.54) is 12.1 Å². The van der Waals surface area contributed by atoms with Gasteiger partial charge in [-0.2, -0.15) is 0 Å². The molecule has 6 heteroatoms. The summed E-state index contributed by atoms with van der Waals surface area (Å²) >= 11 is 0. The van der Waals surface area contributed by atoms with Crippen molar-refractivity contribution >= 4 is 17.3 Å². The van der Waals surface area contributed by atoms with Crippen molar-refractivity contribution in [3.8, 4) is 0 Å². The second kappa shape index (κ2) is 6.36. The first-order chi connectivity index (χ1) is 9.30. The van der Waals surface area contributed by atoms with E-state index >= 15 is 0 Å². The molecule has 1 rings (SSSR count). The van der Waals surface area contributed by atoms with E-state index in [9.17, 15) is 14.9 Å². The van der Waals surface area contributed by atoms with Gasteiger partial charge in [0.25, 0.3) is 11.6 Å². The van der Waals surface area contributed by atoms with Gasteiger partial charge < -0.3 is 10.6 Å². The average molecular weight is 279 g/mol. The van der Waals surface area contributed by atoms with Gasteiger partial charge in [0.2, 0.25) is 0 Å². The molecule has 0 atom stereocenters. The van der Waals surface area contributed by atoms with Gasteiger partial charge in [-0.3, -0.25) is 14.9 Å². The first kappa shape index (κ1) is 15.9. The van der Waals surface area contributed by atoms with Crippen LogP contribution in [0.5, 0.6) is 0 Å². The standard InChI is InChI=1S/C14H21N3O3/c1-5-8-14(2,3)16-13(18)11-9-10(15-4)6-7-12(11)17(19)20/h6-7,9,15H,5,8H2,1-4H3,(H,16,18). The van der Waals surface area contributed by atoms with E-state index in [2.05, 4.69) is 10.6 Å². The monoisotopic (exact) mass is 279 g/mol. The lowest BCUT2D eigenvalue weighted by Gasteiger charge is -2.25. The fraction of sp³-hybridized carbons (Fsp3) is 0.500. The number of carbonyl (C=O) groups excluding carboxylic acids is 1. The Hall–Kier alpha value is -2.11. The minimum absolute atomic E-state index is 0.0750. The summed E-state index contributed by atoms with van der Waals surface area (Å²) < 4.78 is 0. The Bertz CT molecular complexity index is 512. The highest BCUT2D eigenvalue weighted by molar-refractivity contribution is 5.99. The summed E-state index contributed by atoms with van der Waals surface area (Å²) in [6.45, 7) is 5.84. The number of nitrogens with one attached hydrogen (secondary N) is 2. The first-order valence-corrected chi connectivity index (χ1v) is 6.59. The van der Waals surface area contributed by atoms with Gasteiger partial charge in [-0.15, -0.1) is 0 Å². The molecule has 2 N–H and O–H groups in total. The van der Waals surface area contributed by atoms with Crippen LogP contribution in [0.3, 0.4) is 0 Å². The number of nitro groups is 1. The third-order valence-corrected chi connectivity index (χ3v) is 3.05. The summed E-state index contributed by atoms with van der Waals surface area (Å²) in [5.41, 5.74) is 0.156. The summed E-state index contributed by atoms with van der Waals surface area (Å²) in [5, 5.41) is 16.7. The maximum Gasteiger partial charge on any atom is 0.282 e. The predicted molar refractivity (Wildman–Crippen MR) is 79.1 cm³/mol. The highest BCUT2D eigenvalue weighted by Gasteiger charge is 2.25. The lowest BCUT2D eigenvalue weighted by molar-refractivity contribution is -0.385. The number of nitro benzene ring substituents is 1. The number of carbonyl (C=O) groups is 1. The van der Waals surface area contributed by atoms with Crippen LogP contribution < -0.4 is 10.6 Å². The predicted octanol–water partition coefficient (Wildman–Crippen LogP) is 2.95. The van der Waals surface area contributed by atoms with Gasteiger partial charge in [-0.05, 0) is 32.4 Å².